The van der Waals surface area contributed by atoms with Gasteiger partial charge in [-0.1, -0.05) is 13.3 Å². The summed E-state index contributed by atoms with van der Waals surface area (Å²) in [5, 5.41) is 9.42. The van der Waals surface area contributed by atoms with Crippen molar-refractivity contribution in [3.63, 3.8) is 0 Å². The van der Waals surface area contributed by atoms with Crippen LogP contribution in [-0.4, -0.2) is 28.7 Å². The number of amides is 1. The molecule has 1 heterocycles. The van der Waals surface area contributed by atoms with Crippen LogP contribution in [0.3, 0.4) is 0 Å². The zero-order chi connectivity index (χ0) is 11.3. The lowest BCUT2D eigenvalue weighted by Crippen LogP contribution is -2.40. The molecule has 0 aliphatic heterocycles. The molecule has 1 rings (SSSR count). The second kappa shape index (κ2) is 5.50. The first-order valence-corrected chi connectivity index (χ1v) is 5.20. The van der Waals surface area contributed by atoms with Crippen molar-refractivity contribution in [2.75, 3.05) is 6.54 Å². The highest BCUT2D eigenvalue weighted by Crippen LogP contribution is 2.03. The van der Waals surface area contributed by atoms with E-state index in [0.717, 1.165) is 18.5 Å². The summed E-state index contributed by atoms with van der Waals surface area (Å²) >= 11 is 0. The van der Waals surface area contributed by atoms with Crippen LogP contribution in [0.5, 0.6) is 0 Å². The molecule has 0 spiro atoms. The molecule has 0 radical (unpaired) electrons. The van der Waals surface area contributed by atoms with Crippen molar-refractivity contribution in [2.24, 2.45) is 5.73 Å². The molecule has 0 aliphatic carbocycles. The molecule has 0 saturated carbocycles. The maximum absolute atomic E-state index is 11.7. The minimum Gasteiger partial charge on any atom is -0.348 e. The topological polar surface area (TPSA) is 83.8 Å². The highest BCUT2D eigenvalue weighted by molar-refractivity contribution is 5.95. The zero-order valence-corrected chi connectivity index (χ0v) is 9.21. The average molecular weight is 210 g/mol. The van der Waals surface area contributed by atoms with Gasteiger partial charge in [0.25, 0.3) is 5.91 Å². The summed E-state index contributed by atoms with van der Waals surface area (Å²) in [5.74, 6) is -0.106. The summed E-state index contributed by atoms with van der Waals surface area (Å²) < 4.78 is 0. The second-order valence-electron chi connectivity index (χ2n) is 3.60. The van der Waals surface area contributed by atoms with Gasteiger partial charge in [-0.2, -0.15) is 5.10 Å². The normalized spacial score (nSPS) is 12.5. The molecule has 84 valence electrons. The second-order valence-corrected chi connectivity index (χ2v) is 3.60. The van der Waals surface area contributed by atoms with Gasteiger partial charge in [0.2, 0.25) is 0 Å². The maximum atomic E-state index is 11.7. The van der Waals surface area contributed by atoms with Crippen LogP contribution in [0.2, 0.25) is 0 Å². The fourth-order valence-electron chi connectivity index (χ4n) is 1.44. The average Bonchev–Trinajstić information content (AvgIpc) is 2.63. The van der Waals surface area contributed by atoms with E-state index in [9.17, 15) is 4.79 Å². The molecule has 15 heavy (non-hydrogen) atoms. The van der Waals surface area contributed by atoms with E-state index in [1.807, 2.05) is 6.92 Å². The van der Waals surface area contributed by atoms with Crippen LogP contribution < -0.4 is 11.1 Å². The number of aromatic nitrogens is 2. The number of hydrogen-bond donors (Lipinski definition) is 3. The van der Waals surface area contributed by atoms with Crippen molar-refractivity contribution < 1.29 is 4.79 Å². The van der Waals surface area contributed by atoms with Crippen LogP contribution >= 0.6 is 0 Å². The van der Waals surface area contributed by atoms with Crippen molar-refractivity contribution in [2.45, 2.75) is 32.7 Å². The third-order valence-corrected chi connectivity index (χ3v) is 2.33. The molecule has 5 heteroatoms. The number of carbonyl (C=O) groups excluding carboxylic acids is 1. The van der Waals surface area contributed by atoms with Crippen molar-refractivity contribution in [1.29, 1.82) is 0 Å². The molecule has 4 N–H and O–H groups in total. The summed E-state index contributed by atoms with van der Waals surface area (Å²) in [6.07, 6.45) is 3.44. The van der Waals surface area contributed by atoms with Crippen LogP contribution in [0.4, 0.5) is 0 Å². The van der Waals surface area contributed by atoms with E-state index >= 15 is 0 Å². The minimum atomic E-state index is -0.106. The monoisotopic (exact) mass is 210 g/mol. The molecule has 0 aliphatic rings. The number of aryl methyl sites for hydroxylation is 1. The summed E-state index contributed by atoms with van der Waals surface area (Å²) in [6, 6.07) is 0.0526. The van der Waals surface area contributed by atoms with Gasteiger partial charge in [-0.05, 0) is 13.3 Å². The SMILES string of the molecule is CCCC(CN)NC(=O)c1cn[nH]c1C. The fraction of sp³-hybridized carbons (Fsp3) is 0.600. The summed E-state index contributed by atoms with van der Waals surface area (Å²) in [5.41, 5.74) is 6.93. The van der Waals surface area contributed by atoms with Gasteiger partial charge in [-0.3, -0.25) is 9.89 Å². The fourth-order valence-corrected chi connectivity index (χ4v) is 1.44. The Morgan fingerprint density at radius 2 is 2.47 bits per heavy atom. The summed E-state index contributed by atoms with van der Waals surface area (Å²) in [4.78, 5) is 11.7. The Kier molecular flexibility index (Phi) is 4.30. The molecule has 5 nitrogen and oxygen atoms in total. The van der Waals surface area contributed by atoms with Crippen LogP contribution in [0, 0.1) is 6.92 Å². The van der Waals surface area contributed by atoms with Gasteiger partial charge in [0.1, 0.15) is 0 Å². The van der Waals surface area contributed by atoms with Gasteiger partial charge >= 0.3 is 0 Å². The number of nitrogens with one attached hydrogen (secondary N) is 2. The van der Waals surface area contributed by atoms with Crippen LogP contribution in [0.25, 0.3) is 0 Å². The van der Waals surface area contributed by atoms with E-state index in [4.69, 9.17) is 5.73 Å². The molecule has 1 amide bonds. The lowest BCUT2D eigenvalue weighted by Gasteiger charge is -2.15. The van der Waals surface area contributed by atoms with E-state index in [0.29, 0.717) is 12.1 Å². The Morgan fingerprint density at radius 1 is 1.73 bits per heavy atom. The first kappa shape index (κ1) is 11.7. The number of hydrogen-bond acceptors (Lipinski definition) is 3. The summed E-state index contributed by atoms with van der Waals surface area (Å²) in [6.45, 7) is 4.35. The number of aromatic amines is 1. The Morgan fingerprint density at radius 3 is 2.93 bits per heavy atom. The third-order valence-electron chi connectivity index (χ3n) is 2.33. The smallest absolute Gasteiger partial charge is 0.254 e. The van der Waals surface area contributed by atoms with E-state index in [1.165, 1.54) is 6.20 Å². The molecule has 1 atom stereocenters. The number of rotatable bonds is 5. The molecule has 0 saturated heterocycles. The van der Waals surface area contributed by atoms with Crippen LogP contribution in [0.1, 0.15) is 35.8 Å². The minimum absolute atomic E-state index is 0.0526. The van der Waals surface area contributed by atoms with Crippen molar-refractivity contribution >= 4 is 5.91 Å². The van der Waals surface area contributed by atoms with Crippen LogP contribution in [-0.2, 0) is 0 Å². The Bertz CT molecular complexity index is 321. The lowest BCUT2D eigenvalue weighted by molar-refractivity contribution is 0.0935. The Labute approximate surface area is 89.4 Å². The van der Waals surface area contributed by atoms with Crippen molar-refractivity contribution in [3.05, 3.63) is 17.5 Å². The Balaban J connectivity index is 2.58. The van der Waals surface area contributed by atoms with E-state index in [2.05, 4.69) is 22.4 Å². The first-order chi connectivity index (χ1) is 7.19. The predicted molar refractivity (Wildman–Crippen MR) is 58.5 cm³/mol. The van der Waals surface area contributed by atoms with Crippen LogP contribution in [0.15, 0.2) is 6.20 Å². The molecule has 1 aromatic rings. The van der Waals surface area contributed by atoms with Gasteiger partial charge in [0, 0.05) is 18.3 Å². The number of H-pyrrole nitrogens is 1. The summed E-state index contributed by atoms with van der Waals surface area (Å²) in [7, 11) is 0. The molecular formula is C10H18N4O. The van der Waals surface area contributed by atoms with Gasteiger partial charge in [0.15, 0.2) is 0 Å². The quantitative estimate of drug-likeness (QED) is 0.664. The first-order valence-electron chi connectivity index (χ1n) is 5.20. The lowest BCUT2D eigenvalue weighted by atomic mass is 10.1. The van der Waals surface area contributed by atoms with Gasteiger partial charge < -0.3 is 11.1 Å². The van der Waals surface area contributed by atoms with Gasteiger partial charge in [-0.15, -0.1) is 0 Å². The molecular weight excluding hydrogens is 192 g/mol. The molecule has 1 aromatic heterocycles. The van der Waals surface area contributed by atoms with E-state index < -0.39 is 0 Å². The highest BCUT2D eigenvalue weighted by atomic mass is 16.1. The van der Waals surface area contributed by atoms with Gasteiger partial charge in [0.05, 0.1) is 11.8 Å². The standard InChI is InChI=1S/C10H18N4O/c1-3-4-8(5-11)13-10(15)9-6-12-14-7(9)2/h6,8H,3-5,11H2,1-2H3,(H,12,14)(H,13,15). The third kappa shape index (κ3) is 3.06. The number of nitrogens with two attached hydrogens (primary N) is 1. The maximum Gasteiger partial charge on any atom is 0.254 e. The number of carbonyl (C=O) groups is 1. The van der Waals surface area contributed by atoms with E-state index in [1.54, 1.807) is 0 Å². The van der Waals surface area contributed by atoms with Gasteiger partial charge in [-0.25, -0.2) is 0 Å². The largest absolute Gasteiger partial charge is 0.348 e. The molecule has 0 aromatic carbocycles. The number of nitrogens with zero attached hydrogens (tertiary/aromatic N) is 1. The van der Waals surface area contributed by atoms with Crippen molar-refractivity contribution in [3.8, 4) is 0 Å². The van der Waals surface area contributed by atoms with E-state index in [-0.39, 0.29) is 11.9 Å². The molecule has 0 fully saturated rings. The van der Waals surface area contributed by atoms with Crippen molar-refractivity contribution in [1.82, 2.24) is 15.5 Å². The highest BCUT2D eigenvalue weighted by Gasteiger charge is 2.14. The zero-order valence-electron chi connectivity index (χ0n) is 9.21. The molecule has 0 bridgehead atoms. The molecule has 1 unspecified atom stereocenters. The Hall–Kier alpha value is -1.36. The predicted octanol–water partition coefficient (Wildman–Crippen LogP) is 0.575.